The van der Waals surface area contributed by atoms with E-state index in [9.17, 15) is 23.3 Å². The molecule has 0 unspecified atom stereocenters. The third-order valence-corrected chi connectivity index (χ3v) is 4.55. The van der Waals surface area contributed by atoms with E-state index in [1.165, 1.54) is 12.3 Å². The first-order valence-electron chi connectivity index (χ1n) is 6.52. The number of nitrogens with one attached hydrogen (secondary N) is 2. The van der Waals surface area contributed by atoms with Crippen LogP contribution in [-0.2, 0) is 21.4 Å². The molecule has 24 heavy (non-hydrogen) atoms. The summed E-state index contributed by atoms with van der Waals surface area (Å²) < 4.78 is 31.3. The molecule has 0 aliphatic heterocycles. The Labute approximate surface area is 141 Å². The van der Waals surface area contributed by atoms with Crippen LogP contribution in [0.4, 0.5) is 5.69 Å². The Bertz CT molecular complexity index is 851. The fraction of sp³-hybridized carbons (Fsp3) is 0.154. The average Bonchev–Trinajstić information content (AvgIpc) is 3.04. The van der Waals surface area contributed by atoms with Crippen molar-refractivity contribution in [1.82, 2.24) is 10.0 Å². The molecule has 9 nitrogen and oxygen atoms in total. The van der Waals surface area contributed by atoms with E-state index in [1.807, 2.05) is 4.72 Å². The maximum Gasteiger partial charge on any atom is 0.290 e. The van der Waals surface area contributed by atoms with Crippen LogP contribution in [0.2, 0.25) is 5.02 Å². The second-order valence-corrected chi connectivity index (χ2v) is 6.72. The number of nitrogens with zero attached hydrogens (tertiary/aromatic N) is 1. The Balaban J connectivity index is 2.03. The Kier molecular flexibility index (Phi) is 5.54. The number of benzene rings is 1. The predicted molar refractivity (Wildman–Crippen MR) is 83.8 cm³/mol. The molecule has 2 N–H and O–H groups in total. The number of amides is 1. The zero-order chi connectivity index (χ0) is 17.7. The molecule has 0 saturated carbocycles. The van der Waals surface area contributed by atoms with Gasteiger partial charge in [-0.2, -0.15) is 0 Å². The van der Waals surface area contributed by atoms with Gasteiger partial charge in [0, 0.05) is 11.1 Å². The number of carbonyl (C=O) groups is 1. The first kappa shape index (κ1) is 17.9. The van der Waals surface area contributed by atoms with Gasteiger partial charge in [-0.15, -0.1) is 0 Å². The topological polar surface area (TPSA) is 132 Å². The Hall–Kier alpha value is -2.43. The van der Waals surface area contributed by atoms with Crippen LogP contribution in [0.1, 0.15) is 5.76 Å². The SMILES string of the molecule is O=C(CNS(=O)(=O)c1ccc(Cl)cc1[N+](=O)[O-])NCc1ccco1. The molecule has 0 atom stereocenters. The molecule has 11 heteroatoms. The lowest BCUT2D eigenvalue weighted by atomic mass is 10.3. The predicted octanol–water partition coefficient (Wildman–Crippen LogP) is 1.44. The summed E-state index contributed by atoms with van der Waals surface area (Å²) in [5.74, 6) is -0.119. The van der Waals surface area contributed by atoms with Crippen molar-refractivity contribution in [3.8, 4) is 0 Å². The van der Waals surface area contributed by atoms with Crippen LogP contribution in [-0.4, -0.2) is 25.8 Å². The van der Waals surface area contributed by atoms with E-state index in [0.29, 0.717) is 5.76 Å². The molecule has 0 fully saturated rings. The molecule has 0 aliphatic rings. The number of nitro groups is 1. The van der Waals surface area contributed by atoms with Gasteiger partial charge in [-0.1, -0.05) is 11.6 Å². The minimum atomic E-state index is -4.25. The number of carbonyl (C=O) groups excluding carboxylic acids is 1. The van der Waals surface area contributed by atoms with Crippen LogP contribution in [0.25, 0.3) is 0 Å². The Morgan fingerprint density at radius 2 is 2.08 bits per heavy atom. The van der Waals surface area contributed by atoms with E-state index in [1.54, 1.807) is 12.1 Å². The standard InChI is InChI=1S/C13H12ClN3O6S/c14-9-3-4-12(11(6-9)17(19)20)24(21,22)16-8-13(18)15-7-10-2-1-5-23-10/h1-6,16H,7-8H2,(H,15,18). The van der Waals surface area contributed by atoms with Gasteiger partial charge in [0.2, 0.25) is 15.9 Å². The summed E-state index contributed by atoms with van der Waals surface area (Å²) in [6, 6.07) is 6.42. The van der Waals surface area contributed by atoms with Crippen molar-refractivity contribution in [3.05, 3.63) is 57.5 Å². The molecule has 1 amide bonds. The van der Waals surface area contributed by atoms with Gasteiger partial charge in [0.25, 0.3) is 5.69 Å². The van der Waals surface area contributed by atoms with E-state index < -0.39 is 38.0 Å². The van der Waals surface area contributed by atoms with Crippen molar-refractivity contribution in [2.24, 2.45) is 0 Å². The number of hydrogen-bond donors (Lipinski definition) is 2. The monoisotopic (exact) mass is 373 g/mol. The number of nitro benzene ring substituents is 1. The normalized spacial score (nSPS) is 11.2. The van der Waals surface area contributed by atoms with Crippen LogP contribution < -0.4 is 10.0 Å². The molecule has 0 radical (unpaired) electrons. The quantitative estimate of drug-likeness (QED) is 0.557. The minimum absolute atomic E-state index is 0.0249. The second kappa shape index (κ2) is 7.43. The van der Waals surface area contributed by atoms with Gasteiger partial charge in [-0.05, 0) is 24.3 Å². The molecular formula is C13H12ClN3O6S. The first-order chi connectivity index (χ1) is 11.3. The lowest BCUT2D eigenvalue weighted by molar-refractivity contribution is -0.387. The molecule has 0 saturated heterocycles. The maximum absolute atomic E-state index is 12.1. The minimum Gasteiger partial charge on any atom is -0.467 e. The van der Waals surface area contributed by atoms with Crippen LogP contribution in [0.3, 0.4) is 0 Å². The highest BCUT2D eigenvalue weighted by Gasteiger charge is 2.26. The van der Waals surface area contributed by atoms with Gasteiger partial charge in [0.05, 0.1) is 24.3 Å². The van der Waals surface area contributed by atoms with Crippen LogP contribution in [0, 0.1) is 10.1 Å². The van der Waals surface area contributed by atoms with Crippen molar-refractivity contribution in [2.75, 3.05) is 6.54 Å². The highest BCUT2D eigenvalue weighted by molar-refractivity contribution is 7.89. The van der Waals surface area contributed by atoms with Gasteiger partial charge in [0.15, 0.2) is 4.90 Å². The number of furan rings is 1. The van der Waals surface area contributed by atoms with Crippen LogP contribution in [0.5, 0.6) is 0 Å². The largest absolute Gasteiger partial charge is 0.467 e. The summed E-state index contributed by atoms with van der Waals surface area (Å²) in [7, 11) is -4.25. The fourth-order valence-electron chi connectivity index (χ4n) is 1.76. The Morgan fingerprint density at radius 1 is 1.33 bits per heavy atom. The smallest absolute Gasteiger partial charge is 0.290 e. The third-order valence-electron chi connectivity index (χ3n) is 2.87. The molecule has 0 bridgehead atoms. The molecule has 0 spiro atoms. The van der Waals surface area contributed by atoms with Crippen LogP contribution in [0.15, 0.2) is 45.9 Å². The second-order valence-electron chi connectivity index (χ2n) is 4.55. The summed E-state index contributed by atoms with van der Waals surface area (Å²) in [6.07, 6.45) is 1.43. The number of hydrogen-bond acceptors (Lipinski definition) is 6. The molecule has 2 rings (SSSR count). The zero-order valence-corrected chi connectivity index (χ0v) is 13.6. The molecule has 1 heterocycles. The van der Waals surface area contributed by atoms with Gasteiger partial charge < -0.3 is 9.73 Å². The van der Waals surface area contributed by atoms with E-state index in [4.69, 9.17) is 16.0 Å². The molecule has 1 aromatic heterocycles. The summed E-state index contributed by atoms with van der Waals surface area (Å²) in [4.78, 5) is 21.2. The number of halogens is 1. The summed E-state index contributed by atoms with van der Waals surface area (Å²) in [6.45, 7) is -0.489. The third kappa shape index (κ3) is 4.54. The molecular weight excluding hydrogens is 362 g/mol. The van der Waals surface area contributed by atoms with Crippen molar-refractivity contribution < 1.29 is 22.6 Å². The highest BCUT2D eigenvalue weighted by atomic mass is 35.5. The first-order valence-corrected chi connectivity index (χ1v) is 8.38. The summed E-state index contributed by atoms with van der Waals surface area (Å²) >= 11 is 5.64. The van der Waals surface area contributed by atoms with Crippen molar-refractivity contribution in [1.29, 1.82) is 0 Å². The molecule has 0 aliphatic carbocycles. The molecule has 1 aromatic carbocycles. The number of sulfonamides is 1. The van der Waals surface area contributed by atoms with E-state index in [2.05, 4.69) is 5.32 Å². The van der Waals surface area contributed by atoms with Gasteiger partial charge in [0.1, 0.15) is 5.76 Å². The molecule has 128 valence electrons. The van der Waals surface area contributed by atoms with Gasteiger partial charge >= 0.3 is 0 Å². The van der Waals surface area contributed by atoms with Crippen molar-refractivity contribution >= 4 is 33.2 Å². The molecule has 2 aromatic rings. The van der Waals surface area contributed by atoms with Crippen LogP contribution >= 0.6 is 11.6 Å². The Morgan fingerprint density at radius 3 is 2.71 bits per heavy atom. The lowest BCUT2D eigenvalue weighted by Crippen LogP contribution is -2.36. The van der Waals surface area contributed by atoms with E-state index >= 15 is 0 Å². The van der Waals surface area contributed by atoms with E-state index in [0.717, 1.165) is 12.1 Å². The summed E-state index contributed by atoms with van der Waals surface area (Å²) in [5.41, 5.74) is -0.675. The van der Waals surface area contributed by atoms with Gasteiger partial charge in [-0.3, -0.25) is 14.9 Å². The number of rotatable bonds is 7. The van der Waals surface area contributed by atoms with Crippen molar-refractivity contribution in [3.63, 3.8) is 0 Å². The fourth-order valence-corrected chi connectivity index (χ4v) is 3.06. The maximum atomic E-state index is 12.1. The zero-order valence-electron chi connectivity index (χ0n) is 12.1. The van der Waals surface area contributed by atoms with Crippen molar-refractivity contribution in [2.45, 2.75) is 11.4 Å². The lowest BCUT2D eigenvalue weighted by Gasteiger charge is -2.08. The highest BCUT2D eigenvalue weighted by Crippen LogP contribution is 2.26. The average molecular weight is 374 g/mol. The van der Waals surface area contributed by atoms with E-state index in [-0.39, 0.29) is 11.6 Å². The summed E-state index contributed by atoms with van der Waals surface area (Å²) in [5, 5.41) is 13.4. The van der Waals surface area contributed by atoms with Gasteiger partial charge in [-0.25, -0.2) is 13.1 Å².